The van der Waals surface area contributed by atoms with E-state index in [9.17, 15) is 0 Å². The molecule has 1 aromatic heterocycles. The topological polar surface area (TPSA) is 8.17 Å². The normalized spacial score (nSPS) is 13.3. The van der Waals surface area contributed by atoms with Crippen LogP contribution in [0, 0.1) is 0 Å². The molecule has 0 amide bonds. The van der Waals surface area contributed by atoms with Gasteiger partial charge in [-0.2, -0.15) is 0 Å². The molecule has 2 aliphatic rings. The number of fused-ring (bicyclic) bond motifs is 7. The molecule has 0 saturated carbocycles. The van der Waals surface area contributed by atoms with E-state index in [1.165, 1.54) is 60.9 Å². The third kappa shape index (κ3) is 2.10. The van der Waals surface area contributed by atoms with Gasteiger partial charge in [0.25, 0.3) is 0 Å². The minimum Gasteiger partial charge on any atom is -0.361 e. The van der Waals surface area contributed by atoms with Crippen LogP contribution in [0.4, 0.5) is 11.4 Å². The van der Waals surface area contributed by atoms with E-state index in [2.05, 4.69) is 125 Å². The second-order valence-corrected chi connectivity index (χ2v) is 8.95. The fourth-order valence-electron chi connectivity index (χ4n) is 6.12. The highest BCUT2D eigenvalue weighted by atomic mass is 15.2. The molecule has 8 rings (SSSR count). The van der Waals surface area contributed by atoms with Gasteiger partial charge in [0.05, 0.1) is 0 Å². The average Bonchev–Trinajstić information content (AvgIpc) is 3.23. The van der Waals surface area contributed by atoms with Crippen molar-refractivity contribution in [3.63, 3.8) is 0 Å². The van der Waals surface area contributed by atoms with Crippen LogP contribution in [0.5, 0.6) is 0 Å². The Morgan fingerprint density at radius 2 is 1.12 bits per heavy atom. The molecule has 0 N–H and O–H groups in total. The van der Waals surface area contributed by atoms with Crippen molar-refractivity contribution in [2.75, 3.05) is 4.81 Å². The average molecular weight is 418 g/mol. The van der Waals surface area contributed by atoms with E-state index in [0.29, 0.717) is 0 Å². The molecule has 0 saturated heterocycles. The maximum Gasteiger partial charge on any atom is 0.421 e. The number of hydrogen-bond acceptors (Lipinski definition) is 1. The molecular weight excluding hydrogens is 399 g/mol. The lowest BCUT2D eigenvalue weighted by atomic mass is 9.55. The Hall–Kier alpha value is -4.24. The molecule has 0 spiro atoms. The van der Waals surface area contributed by atoms with Gasteiger partial charge in [0.15, 0.2) is 0 Å². The highest BCUT2D eigenvalue weighted by molar-refractivity contribution is 6.82. The quantitative estimate of drug-likeness (QED) is 0.266. The van der Waals surface area contributed by atoms with Crippen LogP contribution in [-0.4, -0.2) is 11.5 Å². The van der Waals surface area contributed by atoms with Gasteiger partial charge in [-0.05, 0) is 40.9 Å². The van der Waals surface area contributed by atoms with Crippen molar-refractivity contribution in [2.24, 2.45) is 0 Å². The molecule has 5 aromatic carbocycles. The Balaban J connectivity index is 1.61. The Kier molecular flexibility index (Phi) is 3.24. The molecule has 0 aliphatic carbocycles. The highest BCUT2D eigenvalue weighted by Gasteiger charge is 2.43. The van der Waals surface area contributed by atoms with Crippen LogP contribution in [0.25, 0.3) is 44.1 Å². The van der Waals surface area contributed by atoms with Gasteiger partial charge in [-0.1, -0.05) is 91.0 Å². The number of hydrogen-bond donors (Lipinski definition) is 0. The minimum absolute atomic E-state index is 0.0470. The van der Waals surface area contributed by atoms with Gasteiger partial charge in [-0.3, -0.25) is 0 Å². The van der Waals surface area contributed by atoms with E-state index in [1.54, 1.807) is 0 Å². The summed E-state index contributed by atoms with van der Waals surface area (Å²) in [4.78, 5) is 2.53. The molecule has 6 aromatic rings. The monoisotopic (exact) mass is 418 g/mol. The van der Waals surface area contributed by atoms with E-state index in [-0.39, 0.29) is 6.98 Å². The number of para-hydroxylation sites is 4. The zero-order valence-corrected chi connectivity index (χ0v) is 17.9. The Morgan fingerprint density at radius 1 is 0.485 bits per heavy atom. The largest absolute Gasteiger partial charge is 0.421 e. The van der Waals surface area contributed by atoms with Gasteiger partial charge < -0.3 is 9.29 Å². The van der Waals surface area contributed by atoms with Gasteiger partial charge in [0.1, 0.15) is 0 Å². The van der Waals surface area contributed by atoms with Gasteiger partial charge >= 0.3 is 6.98 Å². The van der Waals surface area contributed by atoms with Gasteiger partial charge in [0.2, 0.25) is 0 Å². The predicted molar refractivity (Wildman–Crippen MR) is 140 cm³/mol. The number of anilines is 2. The molecule has 3 heteroatoms. The van der Waals surface area contributed by atoms with Crippen molar-refractivity contribution in [3.05, 3.63) is 115 Å². The molecule has 152 valence electrons. The van der Waals surface area contributed by atoms with Crippen molar-refractivity contribution in [3.8, 4) is 22.3 Å². The maximum absolute atomic E-state index is 2.58. The van der Waals surface area contributed by atoms with Crippen molar-refractivity contribution < 1.29 is 0 Å². The molecule has 3 heterocycles. The first-order chi connectivity index (χ1) is 16.4. The first-order valence-electron chi connectivity index (χ1n) is 11.5. The lowest BCUT2D eigenvalue weighted by Gasteiger charge is -2.42. The summed E-state index contributed by atoms with van der Waals surface area (Å²) >= 11 is 0. The molecule has 0 bridgehead atoms. The van der Waals surface area contributed by atoms with E-state index in [1.807, 2.05) is 0 Å². The van der Waals surface area contributed by atoms with Crippen LogP contribution in [0.15, 0.2) is 115 Å². The highest BCUT2D eigenvalue weighted by Crippen LogP contribution is 2.46. The molecule has 0 unspecified atom stereocenters. The predicted octanol–water partition coefficient (Wildman–Crippen LogP) is 6.84. The summed E-state index contributed by atoms with van der Waals surface area (Å²) in [6, 6.07) is 42.1. The Bertz CT molecular complexity index is 1730. The fourth-order valence-corrected chi connectivity index (χ4v) is 6.12. The van der Waals surface area contributed by atoms with Crippen molar-refractivity contribution in [2.45, 2.75) is 0 Å². The zero-order chi connectivity index (χ0) is 21.5. The summed E-state index contributed by atoms with van der Waals surface area (Å²) in [6.45, 7) is 0.0470. The van der Waals surface area contributed by atoms with Crippen LogP contribution in [0.3, 0.4) is 0 Å². The Morgan fingerprint density at radius 3 is 2.03 bits per heavy atom. The second-order valence-electron chi connectivity index (χ2n) is 8.95. The third-order valence-corrected chi connectivity index (χ3v) is 7.36. The van der Waals surface area contributed by atoms with Crippen LogP contribution in [0.2, 0.25) is 0 Å². The molecule has 0 fully saturated rings. The summed E-state index contributed by atoms with van der Waals surface area (Å²) in [5, 5.41) is 2.64. The first-order valence-corrected chi connectivity index (χ1v) is 11.5. The number of nitrogens with zero attached hydrogens (tertiary/aromatic N) is 2. The Labute approximate surface area is 192 Å². The number of aromatic nitrogens is 1. The van der Waals surface area contributed by atoms with Crippen LogP contribution in [-0.2, 0) is 0 Å². The van der Waals surface area contributed by atoms with Gasteiger partial charge in [-0.25, -0.2) is 0 Å². The molecule has 0 radical (unpaired) electrons. The molecular formula is C30H19BN2. The summed E-state index contributed by atoms with van der Waals surface area (Å²) in [5.74, 6) is 0. The zero-order valence-electron chi connectivity index (χ0n) is 17.9. The molecule has 33 heavy (non-hydrogen) atoms. The van der Waals surface area contributed by atoms with E-state index in [4.69, 9.17) is 0 Å². The smallest absolute Gasteiger partial charge is 0.361 e. The maximum atomic E-state index is 2.58. The van der Waals surface area contributed by atoms with Crippen LogP contribution >= 0.6 is 0 Å². The molecule has 2 nitrogen and oxygen atoms in total. The molecule has 2 aliphatic heterocycles. The van der Waals surface area contributed by atoms with Crippen molar-refractivity contribution in [1.82, 2.24) is 4.48 Å². The van der Waals surface area contributed by atoms with E-state index < -0.39 is 0 Å². The van der Waals surface area contributed by atoms with Crippen molar-refractivity contribution in [1.29, 1.82) is 0 Å². The minimum atomic E-state index is 0.0470. The number of rotatable bonds is 1. The summed E-state index contributed by atoms with van der Waals surface area (Å²) in [7, 11) is 0. The van der Waals surface area contributed by atoms with E-state index >= 15 is 0 Å². The number of benzene rings is 5. The van der Waals surface area contributed by atoms with Crippen LogP contribution in [0.1, 0.15) is 0 Å². The van der Waals surface area contributed by atoms with Gasteiger partial charge in [-0.15, -0.1) is 0 Å². The standard InChI is InChI=1S/C30H19BN2/c1-2-10-20(11-3-1)32-27-18-6-4-12-21(27)23-14-8-15-24-26-17-9-16-25-22-13-5-7-19-28(22)33(30(25)26)31(32)29(23)24/h1-19H. The summed E-state index contributed by atoms with van der Waals surface area (Å²) in [5.41, 5.74) is 11.8. The summed E-state index contributed by atoms with van der Waals surface area (Å²) in [6.07, 6.45) is 0. The second kappa shape index (κ2) is 6.17. The van der Waals surface area contributed by atoms with Crippen molar-refractivity contribution >= 4 is 45.6 Å². The SMILES string of the molecule is c1ccc(N2B3c4c(cccc4-c4cccc5c6ccccc6n3c45)-c3ccccc32)cc1. The van der Waals surface area contributed by atoms with Gasteiger partial charge in [0, 0.05) is 44.3 Å². The van der Waals surface area contributed by atoms with Crippen LogP contribution < -0.4 is 10.3 Å². The lowest BCUT2D eigenvalue weighted by Crippen LogP contribution is -2.56. The fraction of sp³-hybridized carbons (Fsp3) is 0. The molecule has 0 atom stereocenters. The summed E-state index contributed by atoms with van der Waals surface area (Å²) < 4.78 is 2.58. The van der Waals surface area contributed by atoms with E-state index in [0.717, 1.165) is 0 Å². The third-order valence-electron chi connectivity index (χ3n) is 7.36. The first kappa shape index (κ1) is 17.3. The lowest BCUT2D eigenvalue weighted by molar-refractivity contribution is 1.22.